The summed E-state index contributed by atoms with van der Waals surface area (Å²) in [6, 6.07) is 7.18. The number of carbonyl (C=O) groups is 1. The third-order valence-electron chi connectivity index (χ3n) is 5.19. The van der Waals surface area contributed by atoms with Crippen LogP contribution in [0.25, 0.3) is 0 Å². The summed E-state index contributed by atoms with van der Waals surface area (Å²) in [5, 5.41) is 19.8. The van der Waals surface area contributed by atoms with Crippen molar-refractivity contribution in [3.8, 4) is 5.75 Å². The van der Waals surface area contributed by atoms with Crippen molar-refractivity contribution in [2.75, 3.05) is 0 Å². The number of hydrogen-bond donors (Lipinski definition) is 2. The van der Waals surface area contributed by atoms with E-state index in [4.69, 9.17) is 0 Å². The maximum atomic E-state index is 12.4. The summed E-state index contributed by atoms with van der Waals surface area (Å²) in [5.74, 6) is -0.414. The number of hydrogen-bond acceptors (Lipinski definition) is 2. The normalized spacial score (nSPS) is 13.0. The zero-order valence-electron chi connectivity index (χ0n) is 15.6. The fourth-order valence-corrected chi connectivity index (χ4v) is 3.70. The Morgan fingerprint density at radius 2 is 1.46 bits per heavy atom. The van der Waals surface area contributed by atoms with Gasteiger partial charge in [0.2, 0.25) is 0 Å². The molecule has 3 heteroatoms. The van der Waals surface area contributed by atoms with E-state index in [1.165, 1.54) is 0 Å². The third kappa shape index (κ3) is 5.25. The van der Waals surface area contributed by atoms with Crippen LogP contribution >= 0.6 is 0 Å². The first-order valence-electron chi connectivity index (χ1n) is 9.54. The van der Waals surface area contributed by atoms with Gasteiger partial charge >= 0.3 is 5.97 Å². The predicted octanol–water partition coefficient (Wildman–Crippen LogP) is 6.12. The molecule has 1 aromatic carbocycles. The minimum atomic E-state index is -0.696. The highest BCUT2D eigenvalue weighted by atomic mass is 16.4. The van der Waals surface area contributed by atoms with Gasteiger partial charge < -0.3 is 10.2 Å². The highest BCUT2D eigenvalue weighted by Crippen LogP contribution is 2.47. The predicted molar refractivity (Wildman–Crippen MR) is 99.5 cm³/mol. The summed E-state index contributed by atoms with van der Waals surface area (Å²) >= 11 is 0. The van der Waals surface area contributed by atoms with E-state index in [1.54, 1.807) is 12.1 Å². The molecule has 1 rings (SSSR count). The largest absolute Gasteiger partial charge is 0.508 e. The number of phenols is 1. The molecule has 0 aromatic heterocycles. The average molecular weight is 335 g/mol. The van der Waals surface area contributed by atoms with Gasteiger partial charge in [0.25, 0.3) is 0 Å². The molecule has 0 amide bonds. The highest BCUT2D eigenvalue weighted by Gasteiger charge is 2.44. The SMILES string of the molecule is CCCCC(c1ccc(O)cc1)C(CCCC)(CCCC)C(=O)O. The molecule has 0 radical (unpaired) electrons. The van der Waals surface area contributed by atoms with Crippen molar-refractivity contribution in [1.82, 2.24) is 0 Å². The zero-order chi connectivity index (χ0) is 18.0. The van der Waals surface area contributed by atoms with Gasteiger partial charge in [-0.25, -0.2) is 0 Å². The number of carboxylic acid groups (broad SMARTS) is 1. The Kier molecular flexibility index (Phi) is 8.88. The summed E-state index contributed by atoms with van der Waals surface area (Å²) in [4.78, 5) is 12.4. The molecule has 1 unspecified atom stereocenters. The van der Waals surface area contributed by atoms with Crippen LogP contribution in [0.5, 0.6) is 5.75 Å². The summed E-state index contributed by atoms with van der Waals surface area (Å²) in [6.07, 6.45) is 8.34. The van der Waals surface area contributed by atoms with E-state index in [-0.39, 0.29) is 11.7 Å². The van der Waals surface area contributed by atoms with Gasteiger partial charge in [0, 0.05) is 0 Å². The molecule has 0 aliphatic heterocycles. The molecule has 3 nitrogen and oxygen atoms in total. The van der Waals surface area contributed by atoms with Crippen LogP contribution in [0.15, 0.2) is 24.3 Å². The van der Waals surface area contributed by atoms with Crippen molar-refractivity contribution < 1.29 is 15.0 Å². The number of carboxylic acids is 1. The van der Waals surface area contributed by atoms with E-state index in [2.05, 4.69) is 20.8 Å². The van der Waals surface area contributed by atoms with E-state index >= 15 is 0 Å². The fraction of sp³-hybridized carbons (Fsp3) is 0.667. The molecule has 136 valence electrons. The monoisotopic (exact) mass is 334 g/mol. The lowest BCUT2D eigenvalue weighted by atomic mass is 9.64. The Morgan fingerprint density at radius 1 is 0.958 bits per heavy atom. The first kappa shape index (κ1) is 20.5. The lowest BCUT2D eigenvalue weighted by molar-refractivity contribution is -0.152. The van der Waals surface area contributed by atoms with Crippen LogP contribution in [0.1, 0.15) is 90.0 Å². The van der Waals surface area contributed by atoms with Gasteiger partial charge in [0.15, 0.2) is 0 Å². The summed E-state index contributed by atoms with van der Waals surface area (Å²) in [5.41, 5.74) is 0.355. The second kappa shape index (κ2) is 10.4. The van der Waals surface area contributed by atoms with Gasteiger partial charge in [-0.2, -0.15) is 0 Å². The molecule has 2 N–H and O–H groups in total. The van der Waals surface area contributed by atoms with Crippen LogP contribution in [0.2, 0.25) is 0 Å². The minimum Gasteiger partial charge on any atom is -0.508 e. The van der Waals surface area contributed by atoms with Gasteiger partial charge in [0.05, 0.1) is 5.41 Å². The van der Waals surface area contributed by atoms with Gasteiger partial charge in [-0.3, -0.25) is 4.79 Å². The van der Waals surface area contributed by atoms with Gasteiger partial charge in [0.1, 0.15) is 5.75 Å². The molecule has 0 saturated carbocycles. The smallest absolute Gasteiger partial charge is 0.310 e. The van der Waals surface area contributed by atoms with E-state index in [0.717, 1.165) is 63.4 Å². The molecule has 0 heterocycles. The molecule has 0 spiro atoms. The van der Waals surface area contributed by atoms with Crippen LogP contribution in [0.4, 0.5) is 0 Å². The summed E-state index contributed by atoms with van der Waals surface area (Å²) < 4.78 is 0. The average Bonchev–Trinajstić information content (AvgIpc) is 2.58. The topological polar surface area (TPSA) is 57.5 Å². The summed E-state index contributed by atoms with van der Waals surface area (Å²) in [7, 11) is 0. The molecule has 0 aliphatic rings. The van der Waals surface area contributed by atoms with Gasteiger partial charge in [-0.1, -0.05) is 71.4 Å². The van der Waals surface area contributed by atoms with E-state index < -0.39 is 11.4 Å². The number of unbranched alkanes of at least 4 members (excludes halogenated alkanes) is 3. The number of rotatable bonds is 12. The Balaban J connectivity index is 3.29. The quantitative estimate of drug-likeness (QED) is 0.484. The number of aromatic hydroxyl groups is 1. The Bertz CT molecular complexity index is 470. The van der Waals surface area contributed by atoms with Crippen LogP contribution in [0.3, 0.4) is 0 Å². The number of benzene rings is 1. The minimum absolute atomic E-state index is 0.00801. The maximum absolute atomic E-state index is 12.4. The van der Waals surface area contributed by atoms with Crippen molar-refractivity contribution >= 4 is 5.97 Å². The molecule has 0 bridgehead atoms. The molecule has 0 aliphatic carbocycles. The fourth-order valence-electron chi connectivity index (χ4n) is 3.70. The molecular weight excluding hydrogens is 300 g/mol. The zero-order valence-corrected chi connectivity index (χ0v) is 15.6. The van der Waals surface area contributed by atoms with E-state index in [0.29, 0.717) is 0 Å². The highest BCUT2D eigenvalue weighted by molar-refractivity contribution is 5.76. The number of aliphatic carboxylic acids is 1. The standard InChI is InChI=1S/C21H34O3/c1-4-7-10-19(17-11-13-18(22)14-12-17)21(20(23)24,15-8-5-2)16-9-6-3/h11-14,19,22H,4-10,15-16H2,1-3H3,(H,23,24). The first-order chi connectivity index (χ1) is 11.5. The molecule has 1 atom stereocenters. The maximum Gasteiger partial charge on any atom is 0.310 e. The van der Waals surface area contributed by atoms with Crippen LogP contribution in [-0.2, 0) is 4.79 Å². The second-order valence-electron chi connectivity index (χ2n) is 6.95. The third-order valence-corrected chi connectivity index (χ3v) is 5.19. The van der Waals surface area contributed by atoms with E-state index in [9.17, 15) is 15.0 Å². The molecule has 0 fully saturated rings. The van der Waals surface area contributed by atoms with Crippen molar-refractivity contribution in [2.24, 2.45) is 5.41 Å². The Hall–Kier alpha value is -1.51. The van der Waals surface area contributed by atoms with E-state index in [1.807, 2.05) is 12.1 Å². The van der Waals surface area contributed by atoms with Crippen molar-refractivity contribution in [3.63, 3.8) is 0 Å². The van der Waals surface area contributed by atoms with Crippen molar-refractivity contribution in [3.05, 3.63) is 29.8 Å². The van der Waals surface area contributed by atoms with Crippen molar-refractivity contribution in [2.45, 2.75) is 84.5 Å². The molecule has 1 aromatic rings. The van der Waals surface area contributed by atoms with Crippen molar-refractivity contribution in [1.29, 1.82) is 0 Å². The molecule has 24 heavy (non-hydrogen) atoms. The van der Waals surface area contributed by atoms with Crippen LogP contribution < -0.4 is 0 Å². The van der Waals surface area contributed by atoms with Crippen LogP contribution in [0, 0.1) is 5.41 Å². The molecule has 0 saturated heterocycles. The lowest BCUT2D eigenvalue weighted by Crippen LogP contribution is -2.38. The lowest BCUT2D eigenvalue weighted by Gasteiger charge is -2.38. The summed E-state index contributed by atoms with van der Waals surface area (Å²) in [6.45, 7) is 6.39. The Labute approximate surface area is 147 Å². The second-order valence-corrected chi connectivity index (χ2v) is 6.95. The Morgan fingerprint density at radius 3 is 1.88 bits per heavy atom. The van der Waals surface area contributed by atoms with Gasteiger partial charge in [-0.05, 0) is 42.9 Å². The molecular formula is C21H34O3. The van der Waals surface area contributed by atoms with Gasteiger partial charge in [-0.15, -0.1) is 0 Å². The van der Waals surface area contributed by atoms with Crippen LogP contribution in [-0.4, -0.2) is 16.2 Å². The number of phenolic OH excluding ortho intramolecular Hbond substituents is 1. The first-order valence-corrected chi connectivity index (χ1v) is 9.54.